The summed E-state index contributed by atoms with van der Waals surface area (Å²) in [5, 5.41) is 3.05. The molecule has 0 bridgehead atoms. The van der Waals surface area contributed by atoms with Crippen LogP contribution in [0.15, 0.2) is 72.8 Å². The highest BCUT2D eigenvalue weighted by atomic mass is 16.5. The summed E-state index contributed by atoms with van der Waals surface area (Å²) in [6, 6.07) is 23.2. The third kappa shape index (κ3) is 7.98. The highest BCUT2D eigenvalue weighted by Gasteiger charge is 2.30. The van der Waals surface area contributed by atoms with Crippen molar-refractivity contribution in [2.75, 3.05) is 13.2 Å². The van der Waals surface area contributed by atoms with E-state index in [4.69, 9.17) is 4.74 Å². The molecular formula is C31H38N2O3. The predicted octanol–water partition coefficient (Wildman–Crippen LogP) is 5.55. The zero-order chi connectivity index (χ0) is 25.9. The first-order valence-corrected chi connectivity index (χ1v) is 12.7. The van der Waals surface area contributed by atoms with Crippen molar-refractivity contribution >= 4 is 11.8 Å². The quantitative estimate of drug-likeness (QED) is 0.342. The second-order valence-electron chi connectivity index (χ2n) is 9.42. The van der Waals surface area contributed by atoms with Gasteiger partial charge < -0.3 is 15.0 Å². The van der Waals surface area contributed by atoms with Crippen molar-refractivity contribution < 1.29 is 14.3 Å². The van der Waals surface area contributed by atoms with Crippen LogP contribution in [0.4, 0.5) is 0 Å². The average Bonchev–Trinajstić information content (AvgIpc) is 2.87. The molecule has 3 aromatic carbocycles. The van der Waals surface area contributed by atoms with Crippen molar-refractivity contribution in [3.63, 3.8) is 0 Å². The molecule has 3 rings (SSSR count). The summed E-state index contributed by atoms with van der Waals surface area (Å²) < 4.78 is 5.98. The topological polar surface area (TPSA) is 58.6 Å². The molecule has 5 nitrogen and oxygen atoms in total. The highest BCUT2D eigenvalue weighted by Crippen LogP contribution is 2.20. The van der Waals surface area contributed by atoms with E-state index in [-0.39, 0.29) is 18.4 Å². The standard InChI is InChI=1S/C31H38N2O3/c1-5-6-17-32-31(35)28(20-26-12-8-7-9-13-26)33(21-27-14-10-11-23(2)18-27)30(34)22-36-29-19-24(3)15-16-25(29)4/h7-16,18-19,28H,5-6,17,20-22H2,1-4H3,(H,32,35). The minimum Gasteiger partial charge on any atom is -0.483 e. The van der Waals surface area contributed by atoms with Crippen molar-refractivity contribution in [2.24, 2.45) is 0 Å². The number of hydrogen-bond acceptors (Lipinski definition) is 3. The van der Waals surface area contributed by atoms with Crippen LogP contribution in [0.2, 0.25) is 0 Å². The molecule has 0 aliphatic carbocycles. The zero-order valence-electron chi connectivity index (χ0n) is 21.9. The van der Waals surface area contributed by atoms with Crippen LogP contribution in [0.5, 0.6) is 5.75 Å². The molecule has 0 saturated heterocycles. The Hall–Kier alpha value is -3.60. The van der Waals surface area contributed by atoms with Gasteiger partial charge >= 0.3 is 0 Å². The van der Waals surface area contributed by atoms with E-state index in [1.54, 1.807) is 4.90 Å². The van der Waals surface area contributed by atoms with Crippen LogP contribution >= 0.6 is 0 Å². The van der Waals surface area contributed by atoms with E-state index in [0.29, 0.717) is 25.3 Å². The lowest BCUT2D eigenvalue weighted by Crippen LogP contribution is -2.51. The zero-order valence-corrected chi connectivity index (χ0v) is 21.9. The summed E-state index contributed by atoms with van der Waals surface area (Å²) in [5.74, 6) is 0.329. The Morgan fingerprint density at radius 2 is 1.61 bits per heavy atom. The van der Waals surface area contributed by atoms with E-state index in [1.807, 2.05) is 87.5 Å². The summed E-state index contributed by atoms with van der Waals surface area (Å²) in [6.45, 7) is 8.85. The summed E-state index contributed by atoms with van der Waals surface area (Å²) in [6.07, 6.45) is 2.31. The van der Waals surface area contributed by atoms with Crippen molar-refractivity contribution in [1.29, 1.82) is 0 Å². The third-order valence-corrected chi connectivity index (χ3v) is 6.23. The number of amides is 2. The van der Waals surface area contributed by atoms with E-state index < -0.39 is 6.04 Å². The van der Waals surface area contributed by atoms with Gasteiger partial charge in [0.2, 0.25) is 5.91 Å². The Morgan fingerprint density at radius 3 is 2.33 bits per heavy atom. The average molecular weight is 487 g/mol. The van der Waals surface area contributed by atoms with Crippen LogP contribution in [-0.4, -0.2) is 35.9 Å². The van der Waals surface area contributed by atoms with Crippen molar-refractivity contribution in [2.45, 2.75) is 59.5 Å². The maximum Gasteiger partial charge on any atom is 0.261 e. The number of hydrogen-bond donors (Lipinski definition) is 1. The van der Waals surface area contributed by atoms with Gasteiger partial charge in [0.1, 0.15) is 11.8 Å². The Kier molecular flexibility index (Phi) is 10.1. The van der Waals surface area contributed by atoms with Crippen LogP contribution in [0.25, 0.3) is 0 Å². The summed E-state index contributed by atoms with van der Waals surface area (Å²) in [5.41, 5.74) is 5.13. The highest BCUT2D eigenvalue weighted by molar-refractivity contribution is 5.88. The fourth-order valence-electron chi connectivity index (χ4n) is 4.15. The summed E-state index contributed by atoms with van der Waals surface area (Å²) in [4.78, 5) is 28.8. The largest absolute Gasteiger partial charge is 0.483 e. The molecule has 0 aliphatic rings. The van der Waals surface area contributed by atoms with E-state index in [1.165, 1.54) is 0 Å². The molecule has 36 heavy (non-hydrogen) atoms. The van der Waals surface area contributed by atoms with Gasteiger partial charge in [-0.05, 0) is 55.5 Å². The smallest absolute Gasteiger partial charge is 0.261 e. The van der Waals surface area contributed by atoms with Crippen LogP contribution in [0, 0.1) is 20.8 Å². The molecule has 0 heterocycles. The lowest BCUT2D eigenvalue weighted by atomic mass is 10.0. The summed E-state index contributed by atoms with van der Waals surface area (Å²) in [7, 11) is 0. The van der Waals surface area contributed by atoms with Gasteiger partial charge in [-0.2, -0.15) is 0 Å². The molecular weight excluding hydrogens is 448 g/mol. The van der Waals surface area contributed by atoms with Gasteiger partial charge in [-0.15, -0.1) is 0 Å². The molecule has 0 spiro atoms. The molecule has 2 amide bonds. The minimum atomic E-state index is -0.653. The molecule has 0 fully saturated rings. The number of carbonyl (C=O) groups is 2. The Labute approximate surface area is 215 Å². The van der Waals surface area contributed by atoms with E-state index in [0.717, 1.165) is 40.7 Å². The van der Waals surface area contributed by atoms with Gasteiger partial charge in [0.25, 0.3) is 5.91 Å². The number of rotatable bonds is 12. The Morgan fingerprint density at radius 1 is 0.889 bits per heavy atom. The molecule has 5 heteroatoms. The van der Waals surface area contributed by atoms with Gasteiger partial charge in [0.15, 0.2) is 6.61 Å². The first-order chi connectivity index (χ1) is 17.4. The maximum atomic E-state index is 13.7. The number of nitrogens with zero attached hydrogens (tertiary/aromatic N) is 1. The maximum absolute atomic E-state index is 13.7. The van der Waals surface area contributed by atoms with Crippen molar-refractivity contribution in [3.05, 3.63) is 101 Å². The number of nitrogens with one attached hydrogen (secondary N) is 1. The molecule has 0 radical (unpaired) electrons. The monoisotopic (exact) mass is 486 g/mol. The lowest BCUT2D eigenvalue weighted by molar-refractivity contribution is -0.142. The Balaban J connectivity index is 1.90. The van der Waals surface area contributed by atoms with E-state index >= 15 is 0 Å². The molecule has 1 unspecified atom stereocenters. The molecule has 0 aliphatic heterocycles. The van der Waals surface area contributed by atoms with Gasteiger partial charge in [0, 0.05) is 19.5 Å². The summed E-state index contributed by atoms with van der Waals surface area (Å²) >= 11 is 0. The van der Waals surface area contributed by atoms with Crippen LogP contribution < -0.4 is 10.1 Å². The van der Waals surface area contributed by atoms with Crippen LogP contribution in [0.3, 0.4) is 0 Å². The predicted molar refractivity (Wildman–Crippen MR) is 145 cm³/mol. The molecule has 1 atom stereocenters. The SMILES string of the molecule is CCCCNC(=O)C(Cc1ccccc1)N(Cc1cccc(C)c1)C(=O)COc1cc(C)ccc1C. The lowest BCUT2D eigenvalue weighted by Gasteiger charge is -2.31. The van der Waals surface area contributed by atoms with Crippen LogP contribution in [-0.2, 0) is 22.6 Å². The molecule has 0 saturated carbocycles. The second-order valence-corrected chi connectivity index (χ2v) is 9.42. The van der Waals surface area contributed by atoms with Gasteiger partial charge in [-0.3, -0.25) is 9.59 Å². The van der Waals surface area contributed by atoms with Crippen LogP contribution in [0.1, 0.15) is 47.6 Å². The number of unbranched alkanes of at least 4 members (excludes halogenated alkanes) is 1. The molecule has 3 aromatic rings. The second kappa shape index (κ2) is 13.5. The van der Waals surface area contributed by atoms with E-state index in [2.05, 4.69) is 18.3 Å². The number of benzene rings is 3. The first-order valence-electron chi connectivity index (χ1n) is 12.7. The Bertz CT molecular complexity index is 1140. The van der Waals surface area contributed by atoms with Crippen molar-refractivity contribution in [3.8, 4) is 5.75 Å². The van der Waals surface area contributed by atoms with Gasteiger partial charge in [0.05, 0.1) is 0 Å². The third-order valence-electron chi connectivity index (χ3n) is 6.23. The molecule has 190 valence electrons. The van der Waals surface area contributed by atoms with Crippen molar-refractivity contribution in [1.82, 2.24) is 10.2 Å². The normalized spacial score (nSPS) is 11.6. The fourth-order valence-corrected chi connectivity index (χ4v) is 4.15. The van der Waals surface area contributed by atoms with E-state index in [9.17, 15) is 9.59 Å². The first kappa shape index (κ1) is 27.0. The minimum absolute atomic E-state index is 0.135. The molecule has 0 aromatic heterocycles. The number of carbonyl (C=O) groups excluding carboxylic acids is 2. The van der Waals surface area contributed by atoms with Gasteiger partial charge in [-0.1, -0.05) is 85.6 Å². The number of ether oxygens (including phenoxy) is 1. The fraction of sp³-hybridized carbons (Fsp3) is 0.355. The van der Waals surface area contributed by atoms with Gasteiger partial charge in [-0.25, -0.2) is 0 Å². The molecule has 1 N–H and O–H groups in total. The number of aryl methyl sites for hydroxylation is 3.